The maximum absolute atomic E-state index is 12.7. The highest BCUT2D eigenvalue weighted by Gasteiger charge is 2.25. The number of carbonyl (C=O) groups is 1. The van der Waals surface area contributed by atoms with E-state index in [1.807, 2.05) is 13.0 Å². The molecule has 2 aliphatic rings. The van der Waals surface area contributed by atoms with Crippen LogP contribution in [0, 0.1) is 6.92 Å². The Morgan fingerprint density at radius 2 is 1.68 bits per heavy atom. The van der Waals surface area contributed by atoms with Crippen LogP contribution < -0.4 is 15.4 Å². The topological polar surface area (TPSA) is 87.5 Å². The van der Waals surface area contributed by atoms with Gasteiger partial charge in [0.2, 0.25) is 5.95 Å². The summed E-state index contributed by atoms with van der Waals surface area (Å²) >= 11 is 0. The van der Waals surface area contributed by atoms with Crippen LogP contribution >= 0.6 is 0 Å². The van der Waals surface area contributed by atoms with Crippen LogP contribution in [-0.2, 0) is 7.05 Å². The quantitative estimate of drug-likeness (QED) is 0.760. The predicted octanol–water partition coefficient (Wildman–Crippen LogP) is 0.441. The summed E-state index contributed by atoms with van der Waals surface area (Å²) < 4.78 is 1.19. The van der Waals surface area contributed by atoms with Crippen molar-refractivity contribution in [3.8, 4) is 0 Å². The molecule has 0 atom stereocenters. The summed E-state index contributed by atoms with van der Waals surface area (Å²) in [4.78, 5) is 39.7. The second-order valence-corrected chi connectivity index (χ2v) is 7.32. The van der Waals surface area contributed by atoms with Gasteiger partial charge in [0.25, 0.3) is 11.5 Å². The summed E-state index contributed by atoms with van der Waals surface area (Å²) in [5, 5.41) is 4.07. The zero-order chi connectivity index (χ0) is 19.7. The molecule has 0 aliphatic carbocycles. The summed E-state index contributed by atoms with van der Waals surface area (Å²) in [6, 6.07) is 4.87. The summed E-state index contributed by atoms with van der Waals surface area (Å²) in [5.41, 5.74) is 1.03. The van der Waals surface area contributed by atoms with Gasteiger partial charge in [-0.2, -0.15) is 10.1 Å². The highest BCUT2D eigenvalue weighted by molar-refractivity contribution is 5.92. The van der Waals surface area contributed by atoms with Gasteiger partial charge in [-0.05, 0) is 25.8 Å². The van der Waals surface area contributed by atoms with E-state index in [4.69, 9.17) is 4.98 Å². The van der Waals surface area contributed by atoms with E-state index >= 15 is 0 Å². The van der Waals surface area contributed by atoms with E-state index < -0.39 is 0 Å². The van der Waals surface area contributed by atoms with Crippen molar-refractivity contribution in [3.05, 3.63) is 39.9 Å². The molecule has 148 valence electrons. The van der Waals surface area contributed by atoms with Gasteiger partial charge in [0.05, 0.1) is 0 Å². The number of rotatable bonds is 3. The Balaban J connectivity index is 1.44. The molecule has 0 N–H and O–H groups in total. The summed E-state index contributed by atoms with van der Waals surface area (Å²) in [5.74, 6) is 1.58. The zero-order valence-electron chi connectivity index (χ0n) is 16.3. The van der Waals surface area contributed by atoms with Crippen LogP contribution in [0.1, 0.15) is 29.0 Å². The first-order valence-electron chi connectivity index (χ1n) is 9.70. The lowest BCUT2D eigenvalue weighted by atomic mass is 10.2. The Hall–Kier alpha value is -2.97. The lowest BCUT2D eigenvalue weighted by Crippen LogP contribution is -2.49. The van der Waals surface area contributed by atoms with Crippen molar-refractivity contribution in [2.45, 2.75) is 19.8 Å². The van der Waals surface area contributed by atoms with E-state index in [1.165, 1.54) is 29.7 Å². The van der Waals surface area contributed by atoms with Gasteiger partial charge in [0, 0.05) is 64.1 Å². The third-order valence-electron chi connectivity index (χ3n) is 5.29. The van der Waals surface area contributed by atoms with Crippen molar-refractivity contribution < 1.29 is 4.79 Å². The first-order chi connectivity index (χ1) is 13.5. The Kier molecular flexibility index (Phi) is 4.97. The predicted molar refractivity (Wildman–Crippen MR) is 106 cm³/mol. The standard InChI is InChI=1S/C19H25N7O2/c1-14-13-16(21-19(20-14)26-7-3-4-8-26)24-9-11-25(12-10-24)18(28)15-5-6-17(27)23(2)22-15/h5-6,13H,3-4,7-12H2,1-2H3. The molecule has 4 heterocycles. The van der Waals surface area contributed by atoms with Gasteiger partial charge in [0.15, 0.2) is 0 Å². The first-order valence-corrected chi connectivity index (χ1v) is 9.70. The minimum absolute atomic E-state index is 0.146. The molecule has 2 aliphatic heterocycles. The molecular formula is C19H25N7O2. The van der Waals surface area contributed by atoms with E-state index in [-0.39, 0.29) is 11.5 Å². The highest BCUT2D eigenvalue weighted by Crippen LogP contribution is 2.22. The number of amides is 1. The first kappa shape index (κ1) is 18.4. The van der Waals surface area contributed by atoms with E-state index in [2.05, 4.69) is 19.9 Å². The van der Waals surface area contributed by atoms with Gasteiger partial charge < -0.3 is 14.7 Å². The Morgan fingerprint density at radius 1 is 0.964 bits per heavy atom. The van der Waals surface area contributed by atoms with Crippen molar-refractivity contribution >= 4 is 17.7 Å². The van der Waals surface area contributed by atoms with Crippen molar-refractivity contribution in [2.75, 3.05) is 49.1 Å². The second-order valence-electron chi connectivity index (χ2n) is 7.32. The Labute approximate surface area is 163 Å². The van der Waals surface area contributed by atoms with Gasteiger partial charge >= 0.3 is 0 Å². The average molecular weight is 383 g/mol. The number of aromatic nitrogens is 4. The molecule has 0 saturated carbocycles. The van der Waals surface area contributed by atoms with Crippen LogP contribution in [0.3, 0.4) is 0 Å². The van der Waals surface area contributed by atoms with Crippen molar-refractivity contribution in [1.29, 1.82) is 0 Å². The molecule has 28 heavy (non-hydrogen) atoms. The fraction of sp³-hybridized carbons (Fsp3) is 0.526. The van der Waals surface area contributed by atoms with Gasteiger partial charge in [-0.1, -0.05) is 0 Å². The third-order valence-corrected chi connectivity index (χ3v) is 5.29. The van der Waals surface area contributed by atoms with E-state index in [0.717, 1.165) is 30.5 Å². The average Bonchev–Trinajstić information content (AvgIpc) is 3.24. The number of aryl methyl sites for hydroxylation is 2. The van der Waals surface area contributed by atoms with Gasteiger partial charge in [-0.25, -0.2) is 9.67 Å². The van der Waals surface area contributed by atoms with Crippen LogP contribution in [0.15, 0.2) is 23.0 Å². The summed E-state index contributed by atoms with van der Waals surface area (Å²) in [6.45, 7) is 6.60. The summed E-state index contributed by atoms with van der Waals surface area (Å²) in [7, 11) is 1.55. The molecule has 2 fully saturated rings. The van der Waals surface area contributed by atoms with Gasteiger partial charge in [-0.15, -0.1) is 0 Å². The van der Waals surface area contributed by atoms with Crippen LogP contribution in [0.2, 0.25) is 0 Å². The highest BCUT2D eigenvalue weighted by atomic mass is 16.2. The van der Waals surface area contributed by atoms with Crippen LogP contribution in [0.25, 0.3) is 0 Å². The maximum atomic E-state index is 12.7. The molecule has 9 heteroatoms. The van der Waals surface area contributed by atoms with Crippen LogP contribution in [0.5, 0.6) is 0 Å². The molecule has 9 nitrogen and oxygen atoms in total. The molecular weight excluding hydrogens is 358 g/mol. The fourth-order valence-corrected chi connectivity index (χ4v) is 3.67. The molecule has 2 saturated heterocycles. The zero-order valence-corrected chi connectivity index (χ0v) is 16.3. The minimum atomic E-state index is -0.227. The fourth-order valence-electron chi connectivity index (χ4n) is 3.67. The van der Waals surface area contributed by atoms with Gasteiger partial charge in [-0.3, -0.25) is 9.59 Å². The smallest absolute Gasteiger partial charge is 0.274 e. The molecule has 0 aromatic carbocycles. The maximum Gasteiger partial charge on any atom is 0.274 e. The van der Waals surface area contributed by atoms with Crippen molar-refractivity contribution in [2.24, 2.45) is 7.05 Å². The lowest BCUT2D eigenvalue weighted by Gasteiger charge is -2.35. The molecule has 0 radical (unpaired) electrons. The molecule has 2 aromatic rings. The molecule has 0 spiro atoms. The molecule has 2 aromatic heterocycles. The number of hydrogen-bond donors (Lipinski definition) is 0. The van der Waals surface area contributed by atoms with E-state index in [0.29, 0.717) is 31.9 Å². The molecule has 0 unspecified atom stereocenters. The second kappa shape index (κ2) is 7.57. The third kappa shape index (κ3) is 3.69. The molecule has 1 amide bonds. The SMILES string of the molecule is Cc1cc(N2CCN(C(=O)c3ccc(=O)n(C)n3)CC2)nc(N2CCCC2)n1. The van der Waals surface area contributed by atoms with Crippen LogP contribution in [-0.4, -0.2) is 69.8 Å². The molecule has 4 rings (SSSR count). The lowest BCUT2D eigenvalue weighted by molar-refractivity contribution is 0.0738. The van der Waals surface area contributed by atoms with Crippen molar-refractivity contribution in [3.63, 3.8) is 0 Å². The Morgan fingerprint density at radius 3 is 2.36 bits per heavy atom. The minimum Gasteiger partial charge on any atom is -0.353 e. The number of nitrogens with zero attached hydrogens (tertiary/aromatic N) is 7. The number of carbonyl (C=O) groups excluding carboxylic acids is 1. The van der Waals surface area contributed by atoms with E-state index in [9.17, 15) is 9.59 Å². The largest absolute Gasteiger partial charge is 0.353 e. The van der Waals surface area contributed by atoms with Crippen LogP contribution in [0.4, 0.5) is 11.8 Å². The van der Waals surface area contributed by atoms with E-state index in [1.54, 1.807) is 11.9 Å². The van der Waals surface area contributed by atoms with Gasteiger partial charge in [0.1, 0.15) is 11.5 Å². The Bertz CT molecular complexity index is 928. The monoisotopic (exact) mass is 383 g/mol. The van der Waals surface area contributed by atoms with Crippen molar-refractivity contribution in [1.82, 2.24) is 24.6 Å². The number of anilines is 2. The molecule has 0 bridgehead atoms. The summed E-state index contributed by atoms with van der Waals surface area (Å²) in [6.07, 6.45) is 2.37. The number of hydrogen-bond acceptors (Lipinski definition) is 7. The normalized spacial score (nSPS) is 17.3. The number of piperazine rings is 1.